The Morgan fingerprint density at radius 1 is 1.00 bits per heavy atom. The van der Waals surface area contributed by atoms with Gasteiger partial charge in [-0.15, -0.1) is 0 Å². The monoisotopic (exact) mass is 507 g/mol. The minimum atomic E-state index is -1.11. The van der Waals surface area contributed by atoms with Crippen LogP contribution in [0.15, 0.2) is 93.0 Å². The number of aromatic hydroxyl groups is 1. The molecule has 0 spiro atoms. The van der Waals surface area contributed by atoms with Gasteiger partial charge in [0.25, 0.3) is 5.91 Å². The van der Waals surface area contributed by atoms with E-state index in [1.807, 2.05) is 0 Å². The summed E-state index contributed by atoms with van der Waals surface area (Å²) in [6.07, 6.45) is 0. The minimum Gasteiger partial charge on any atom is -0.508 e. The standard InChI is InChI=1S/C25H15BrFNO5/c26-15-7-8-19-14(9-15)11-20(33-19)23(30)21-22(13-3-1-6-18(29)10-13)28(25(32)24(21)31)17-5-2-4-16(27)12-17/h1-12,22,29,31H. The van der Waals surface area contributed by atoms with Crippen LogP contribution >= 0.6 is 15.9 Å². The summed E-state index contributed by atoms with van der Waals surface area (Å²) in [4.78, 5) is 27.7. The number of phenols is 1. The molecule has 0 saturated carbocycles. The largest absolute Gasteiger partial charge is 0.508 e. The average Bonchev–Trinajstić information content (AvgIpc) is 3.32. The zero-order chi connectivity index (χ0) is 23.3. The lowest BCUT2D eigenvalue weighted by atomic mass is 9.94. The lowest BCUT2D eigenvalue weighted by Gasteiger charge is -2.26. The first-order valence-corrected chi connectivity index (χ1v) is 10.7. The molecule has 0 radical (unpaired) electrons. The molecule has 3 aromatic carbocycles. The number of fused-ring (bicyclic) bond motifs is 1. The molecule has 2 N–H and O–H groups in total. The Bertz CT molecular complexity index is 1470. The molecule has 1 unspecified atom stereocenters. The number of halogens is 2. The third-order valence-electron chi connectivity index (χ3n) is 5.43. The van der Waals surface area contributed by atoms with Crippen LogP contribution in [0.3, 0.4) is 0 Å². The number of aliphatic hydroxyl groups excluding tert-OH is 1. The van der Waals surface area contributed by atoms with Crippen molar-refractivity contribution in [3.8, 4) is 5.75 Å². The molecule has 1 aliphatic heterocycles. The zero-order valence-corrected chi connectivity index (χ0v) is 18.4. The number of Topliss-reactive ketones (excluding diaryl/α,β-unsaturated/α-hetero) is 1. The molecule has 6 nitrogen and oxygen atoms in total. The highest BCUT2D eigenvalue weighted by atomic mass is 79.9. The smallest absolute Gasteiger partial charge is 0.294 e. The molecule has 8 heteroatoms. The number of ketones is 1. The van der Waals surface area contributed by atoms with E-state index in [0.717, 1.165) is 15.4 Å². The van der Waals surface area contributed by atoms with Crippen molar-refractivity contribution in [3.05, 3.63) is 106 Å². The highest BCUT2D eigenvalue weighted by Crippen LogP contribution is 2.43. The summed E-state index contributed by atoms with van der Waals surface area (Å²) < 4.78 is 20.5. The number of nitrogens with zero attached hydrogens (tertiary/aromatic N) is 1. The summed E-state index contributed by atoms with van der Waals surface area (Å²) in [6.45, 7) is 0. The molecule has 1 amide bonds. The maximum absolute atomic E-state index is 14.0. The van der Waals surface area contributed by atoms with Crippen molar-refractivity contribution >= 4 is 44.3 Å². The Kier molecular flexibility index (Phi) is 5.02. The molecule has 0 bridgehead atoms. The Morgan fingerprint density at radius 3 is 2.55 bits per heavy atom. The van der Waals surface area contributed by atoms with Gasteiger partial charge >= 0.3 is 0 Å². The second-order valence-electron chi connectivity index (χ2n) is 7.54. The fourth-order valence-corrected chi connectivity index (χ4v) is 4.38. The SMILES string of the molecule is O=C(C1=C(O)C(=O)N(c2cccc(F)c2)C1c1cccc(O)c1)c1cc2cc(Br)ccc2o1. The quantitative estimate of drug-likeness (QED) is 0.339. The van der Waals surface area contributed by atoms with Gasteiger partial charge in [-0.2, -0.15) is 0 Å². The number of rotatable bonds is 4. The second kappa shape index (κ2) is 7.90. The summed E-state index contributed by atoms with van der Waals surface area (Å²) in [5.74, 6) is -3.07. The second-order valence-corrected chi connectivity index (χ2v) is 8.45. The summed E-state index contributed by atoms with van der Waals surface area (Å²) in [7, 11) is 0. The van der Waals surface area contributed by atoms with E-state index in [2.05, 4.69) is 15.9 Å². The van der Waals surface area contributed by atoms with Crippen molar-refractivity contribution in [3.63, 3.8) is 0 Å². The number of carbonyl (C=O) groups is 2. The van der Waals surface area contributed by atoms with Crippen molar-refractivity contribution < 1.29 is 28.6 Å². The maximum Gasteiger partial charge on any atom is 0.294 e. The molecule has 5 rings (SSSR count). The molecule has 2 heterocycles. The van der Waals surface area contributed by atoms with E-state index in [1.54, 1.807) is 30.3 Å². The van der Waals surface area contributed by atoms with Gasteiger partial charge in [0, 0.05) is 15.5 Å². The first kappa shape index (κ1) is 21.0. The van der Waals surface area contributed by atoms with Gasteiger partial charge < -0.3 is 14.6 Å². The van der Waals surface area contributed by atoms with Gasteiger partial charge in [-0.05, 0) is 60.2 Å². The van der Waals surface area contributed by atoms with Crippen LogP contribution < -0.4 is 4.90 Å². The highest BCUT2D eigenvalue weighted by Gasteiger charge is 2.45. The molecule has 0 saturated heterocycles. The van der Waals surface area contributed by atoms with E-state index in [4.69, 9.17) is 4.42 Å². The van der Waals surface area contributed by atoms with Crippen molar-refractivity contribution in [2.45, 2.75) is 6.04 Å². The number of hydrogen-bond donors (Lipinski definition) is 2. The van der Waals surface area contributed by atoms with Crippen LogP contribution in [0.2, 0.25) is 0 Å². The molecule has 0 aliphatic carbocycles. The van der Waals surface area contributed by atoms with Crippen molar-refractivity contribution in [2.24, 2.45) is 0 Å². The Balaban J connectivity index is 1.67. The van der Waals surface area contributed by atoms with E-state index in [9.17, 15) is 24.2 Å². The van der Waals surface area contributed by atoms with Crippen LogP contribution in [0.25, 0.3) is 11.0 Å². The summed E-state index contributed by atoms with van der Waals surface area (Å²) in [5, 5.41) is 21.5. The first-order chi connectivity index (χ1) is 15.8. The van der Waals surface area contributed by atoms with Crippen molar-refractivity contribution in [2.75, 3.05) is 4.90 Å². The molecule has 1 atom stereocenters. The zero-order valence-electron chi connectivity index (χ0n) is 16.8. The first-order valence-electron chi connectivity index (χ1n) is 9.88. The van der Waals surface area contributed by atoms with Gasteiger partial charge in [-0.3, -0.25) is 14.5 Å². The van der Waals surface area contributed by atoms with Gasteiger partial charge in [0.2, 0.25) is 5.78 Å². The number of phenolic OH excluding ortho intramolecular Hbond substituents is 1. The number of carbonyl (C=O) groups excluding carboxylic acids is 2. The summed E-state index contributed by atoms with van der Waals surface area (Å²) >= 11 is 3.37. The van der Waals surface area contributed by atoms with E-state index in [0.29, 0.717) is 16.5 Å². The molecule has 164 valence electrons. The van der Waals surface area contributed by atoms with Crippen LogP contribution in [-0.4, -0.2) is 21.9 Å². The van der Waals surface area contributed by atoms with E-state index in [-0.39, 0.29) is 22.8 Å². The number of hydrogen-bond acceptors (Lipinski definition) is 5. The van der Waals surface area contributed by atoms with Crippen LogP contribution in [0, 0.1) is 5.82 Å². The van der Waals surface area contributed by atoms with Crippen molar-refractivity contribution in [1.29, 1.82) is 0 Å². The van der Waals surface area contributed by atoms with E-state index >= 15 is 0 Å². The number of anilines is 1. The van der Waals surface area contributed by atoms with Crippen LogP contribution in [0.1, 0.15) is 22.2 Å². The molecule has 0 fully saturated rings. The van der Waals surface area contributed by atoms with Gasteiger partial charge in [0.05, 0.1) is 11.6 Å². The van der Waals surface area contributed by atoms with Crippen LogP contribution in [-0.2, 0) is 4.79 Å². The maximum atomic E-state index is 14.0. The van der Waals surface area contributed by atoms with Gasteiger partial charge in [0.15, 0.2) is 11.5 Å². The lowest BCUT2D eigenvalue weighted by Crippen LogP contribution is -2.31. The number of amides is 1. The number of benzene rings is 3. The third kappa shape index (κ3) is 3.58. The Labute approximate surface area is 195 Å². The van der Waals surface area contributed by atoms with Gasteiger partial charge in [0.1, 0.15) is 17.1 Å². The Hall–Kier alpha value is -3.91. The number of furan rings is 1. The number of aliphatic hydroxyl groups is 1. The molecule has 33 heavy (non-hydrogen) atoms. The van der Waals surface area contributed by atoms with Crippen molar-refractivity contribution in [1.82, 2.24) is 0 Å². The molecular formula is C25H15BrFNO5. The van der Waals surface area contributed by atoms with Gasteiger partial charge in [-0.25, -0.2) is 4.39 Å². The topological polar surface area (TPSA) is 91.0 Å². The van der Waals surface area contributed by atoms with Crippen LogP contribution in [0.5, 0.6) is 5.75 Å². The fraction of sp³-hybridized carbons (Fsp3) is 0.0400. The molecule has 4 aromatic rings. The van der Waals surface area contributed by atoms with E-state index < -0.39 is 29.3 Å². The molecule has 1 aliphatic rings. The van der Waals surface area contributed by atoms with Gasteiger partial charge in [-0.1, -0.05) is 34.1 Å². The fourth-order valence-electron chi connectivity index (χ4n) is 4.00. The predicted octanol–water partition coefficient (Wildman–Crippen LogP) is 5.82. The normalized spacial score (nSPS) is 16.1. The average molecular weight is 508 g/mol. The lowest BCUT2D eigenvalue weighted by molar-refractivity contribution is -0.117. The highest BCUT2D eigenvalue weighted by molar-refractivity contribution is 9.10. The van der Waals surface area contributed by atoms with Crippen LogP contribution in [0.4, 0.5) is 10.1 Å². The molecular weight excluding hydrogens is 493 g/mol. The summed E-state index contributed by atoms with van der Waals surface area (Å²) in [5.41, 5.74) is 0.741. The third-order valence-corrected chi connectivity index (χ3v) is 5.92. The molecule has 1 aromatic heterocycles. The van der Waals surface area contributed by atoms with E-state index in [1.165, 1.54) is 36.4 Å². The predicted molar refractivity (Wildman–Crippen MR) is 123 cm³/mol. The minimum absolute atomic E-state index is 0.0660. The summed E-state index contributed by atoms with van der Waals surface area (Å²) in [6, 6.07) is 16.9. The Morgan fingerprint density at radius 2 is 1.79 bits per heavy atom.